The third kappa shape index (κ3) is 4.32. The zero-order valence-corrected chi connectivity index (χ0v) is 10.0. The molecule has 1 N–H and O–H groups in total. The van der Waals surface area contributed by atoms with Crippen LogP contribution in [0.4, 0.5) is 13.2 Å². The second-order valence-corrected chi connectivity index (χ2v) is 3.91. The van der Waals surface area contributed by atoms with E-state index < -0.39 is 24.6 Å². The van der Waals surface area contributed by atoms with Gasteiger partial charge in [0.1, 0.15) is 12.2 Å². The van der Waals surface area contributed by atoms with Crippen LogP contribution in [0.1, 0.15) is 27.2 Å². The maximum Gasteiger partial charge on any atom is 0.405 e. The summed E-state index contributed by atoms with van der Waals surface area (Å²) < 4.78 is 40.2. The van der Waals surface area contributed by atoms with E-state index >= 15 is 0 Å². The maximum atomic E-state index is 11.9. The molecule has 100 valence electrons. The summed E-state index contributed by atoms with van der Waals surface area (Å²) in [7, 11) is 0. The number of hydrogen-bond donors (Lipinski definition) is 1. The number of hydrogen-bond acceptors (Lipinski definition) is 5. The second kappa shape index (κ2) is 5.80. The van der Waals surface area contributed by atoms with Crippen LogP contribution in [0, 0.1) is 0 Å². The van der Waals surface area contributed by atoms with Crippen molar-refractivity contribution in [2.24, 2.45) is 0 Å². The van der Waals surface area contributed by atoms with Crippen LogP contribution in [-0.4, -0.2) is 36.2 Å². The fourth-order valence-corrected chi connectivity index (χ4v) is 1.62. The monoisotopic (exact) mass is 282 g/mol. The van der Waals surface area contributed by atoms with Gasteiger partial charge in [0.15, 0.2) is 0 Å². The molecule has 0 fully saturated rings. The van der Waals surface area contributed by atoms with E-state index in [0.717, 1.165) is 11.3 Å². The number of halogens is 3. The largest absolute Gasteiger partial charge is 0.461 e. The number of carbonyl (C=O) groups is 2. The highest BCUT2D eigenvalue weighted by Crippen LogP contribution is 2.14. The van der Waals surface area contributed by atoms with Crippen molar-refractivity contribution in [1.29, 1.82) is 0 Å². The lowest BCUT2D eigenvalue weighted by molar-refractivity contribution is -0.123. The summed E-state index contributed by atoms with van der Waals surface area (Å²) in [5.41, 5.74) is -0.243. The van der Waals surface area contributed by atoms with Crippen LogP contribution in [0.15, 0.2) is 5.38 Å². The van der Waals surface area contributed by atoms with E-state index in [0.29, 0.717) is 0 Å². The number of nitrogens with one attached hydrogen (secondary N) is 1. The lowest BCUT2D eigenvalue weighted by Gasteiger charge is -2.06. The molecule has 1 heterocycles. The molecule has 0 unspecified atom stereocenters. The number of carbonyl (C=O) groups excluding carboxylic acids is 2. The molecule has 0 aliphatic rings. The Kier molecular flexibility index (Phi) is 4.65. The molecule has 0 aliphatic heterocycles. The quantitative estimate of drug-likeness (QED) is 0.852. The Hall–Kier alpha value is -1.64. The van der Waals surface area contributed by atoms with E-state index in [-0.39, 0.29) is 17.3 Å². The number of thiazole rings is 1. The number of esters is 1. The van der Waals surface area contributed by atoms with Crippen LogP contribution in [-0.2, 0) is 4.74 Å². The predicted molar refractivity (Wildman–Crippen MR) is 56.5 cm³/mol. The molecule has 0 saturated heterocycles. The lowest BCUT2D eigenvalue weighted by atomic mass is 10.4. The Labute approximate surface area is 104 Å². The van der Waals surface area contributed by atoms with Crippen LogP contribution >= 0.6 is 11.3 Å². The van der Waals surface area contributed by atoms with Gasteiger partial charge in [-0.3, -0.25) is 4.79 Å². The van der Waals surface area contributed by atoms with Gasteiger partial charge in [0.05, 0.1) is 6.61 Å². The highest BCUT2D eigenvalue weighted by Gasteiger charge is 2.28. The van der Waals surface area contributed by atoms with Gasteiger partial charge in [-0.05, 0) is 6.92 Å². The Morgan fingerprint density at radius 2 is 2.17 bits per heavy atom. The van der Waals surface area contributed by atoms with Crippen molar-refractivity contribution in [3.8, 4) is 0 Å². The van der Waals surface area contributed by atoms with Crippen molar-refractivity contribution >= 4 is 23.2 Å². The average Bonchev–Trinajstić information content (AvgIpc) is 2.74. The standard InChI is InChI=1S/C9H9F3N2O3S/c1-2-17-8(16)7-14-5(3-18-7)6(15)13-4-9(10,11)12/h3H,2,4H2,1H3,(H,13,15). The van der Waals surface area contributed by atoms with Gasteiger partial charge in [-0.1, -0.05) is 0 Å². The van der Waals surface area contributed by atoms with E-state index in [1.165, 1.54) is 5.38 Å². The van der Waals surface area contributed by atoms with E-state index in [1.54, 1.807) is 12.2 Å². The average molecular weight is 282 g/mol. The first-order valence-electron chi connectivity index (χ1n) is 4.81. The molecule has 0 bridgehead atoms. The van der Waals surface area contributed by atoms with Crippen molar-refractivity contribution in [1.82, 2.24) is 10.3 Å². The molecule has 1 aromatic rings. The summed E-state index contributed by atoms with van der Waals surface area (Å²) >= 11 is 0.832. The molecule has 0 aliphatic carbocycles. The smallest absolute Gasteiger partial charge is 0.405 e. The van der Waals surface area contributed by atoms with E-state index in [2.05, 4.69) is 9.72 Å². The highest BCUT2D eigenvalue weighted by molar-refractivity contribution is 7.11. The Morgan fingerprint density at radius 1 is 1.50 bits per heavy atom. The van der Waals surface area contributed by atoms with Gasteiger partial charge < -0.3 is 10.1 Å². The fourth-order valence-electron chi connectivity index (χ4n) is 0.936. The van der Waals surface area contributed by atoms with Crippen molar-refractivity contribution < 1.29 is 27.5 Å². The van der Waals surface area contributed by atoms with Crippen LogP contribution in [0.25, 0.3) is 0 Å². The molecule has 18 heavy (non-hydrogen) atoms. The first-order valence-corrected chi connectivity index (χ1v) is 5.69. The van der Waals surface area contributed by atoms with Gasteiger partial charge >= 0.3 is 12.1 Å². The summed E-state index contributed by atoms with van der Waals surface area (Å²) in [6.45, 7) is 0.300. The molecule has 1 rings (SSSR count). The van der Waals surface area contributed by atoms with Gasteiger partial charge in [0, 0.05) is 5.38 Å². The summed E-state index contributed by atoms with van der Waals surface area (Å²) in [5.74, 6) is -1.70. The summed E-state index contributed by atoms with van der Waals surface area (Å²) in [5, 5.41) is 2.77. The van der Waals surface area contributed by atoms with Crippen LogP contribution < -0.4 is 5.32 Å². The summed E-state index contributed by atoms with van der Waals surface area (Å²) in [4.78, 5) is 26.1. The number of nitrogens with zero attached hydrogens (tertiary/aromatic N) is 1. The molecule has 0 aromatic carbocycles. The molecule has 9 heteroatoms. The van der Waals surface area contributed by atoms with Crippen molar-refractivity contribution in [3.63, 3.8) is 0 Å². The van der Waals surface area contributed by atoms with Crippen molar-refractivity contribution in [2.75, 3.05) is 13.2 Å². The topological polar surface area (TPSA) is 68.3 Å². The predicted octanol–water partition coefficient (Wildman–Crippen LogP) is 1.61. The van der Waals surface area contributed by atoms with Crippen molar-refractivity contribution in [3.05, 3.63) is 16.1 Å². The molecule has 0 radical (unpaired) electrons. The van der Waals surface area contributed by atoms with E-state index in [9.17, 15) is 22.8 Å². The first kappa shape index (κ1) is 14.4. The summed E-state index contributed by atoms with van der Waals surface area (Å²) in [6.07, 6.45) is -4.49. The molecule has 5 nitrogen and oxygen atoms in total. The van der Waals surface area contributed by atoms with Gasteiger partial charge in [0.2, 0.25) is 5.01 Å². The molecule has 1 aromatic heterocycles. The molecule has 0 saturated carbocycles. The van der Waals surface area contributed by atoms with Crippen LogP contribution in [0.2, 0.25) is 0 Å². The van der Waals surface area contributed by atoms with E-state index in [4.69, 9.17) is 0 Å². The number of aromatic nitrogens is 1. The molecular weight excluding hydrogens is 273 g/mol. The minimum Gasteiger partial charge on any atom is -0.461 e. The van der Waals surface area contributed by atoms with Crippen LogP contribution in [0.3, 0.4) is 0 Å². The van der Waals surface area contributed by atoms with Gasteiger partial charge in [-0.25, -0.2) is 9.78 Å². The SMILES string of the molecule is CCOC(=O)c1nc(C(=O)NCC(F)(F)F)cs1. The zero-order chi connectivity index (χ0) is 13.8. The van der Waals surface area contributed by atoms with Gasteiger partial charge in [-0.15, -0.1) is 11.3 Å². The molecule has 0 atom stereocenters. The molecule has 1 amide bonds. The first-order chi connectivity index (χ1) is 8.33. The highest BCUT2D eigenvalue weighted by atomic mass is 32.1. The van der Waals surface area contributed by atoms with Crippen molar-refractivity contribution in [2.45, 2.75) is 13.1 Å². The normalized spacial score (nSPS) is 11.1. The van der Waals surface area contributed by atoms with Gasteiger partial charge in [0.25, 0.3) is 5.91 Å². The fraction of sp³-hybridized carbons (Fsp3) is 0.444. The number of ether oxygens (including phenoxy) is 1. The Morgan fingerprint density at radius 3 is 2.72 bits per heavy atom. The number of alkyl halides is 3. The van der Waals surface area contributed by atoms with Crippen LogP contribution in [0.5, 0.6) is 0 Å². The Balaban J connectivity index is 2.62. The summed E-state index contributed by atoms with van der Waals surface area (Å²) in [6, 6.07) is 0. The Bertz CT molecular complexity index is 445. The molecular formula is C9H9F3N2O3S. The second-order valence-electron chi connectivity index (χ2n) is 3.06. The number of rotatable bonds is 4. The minimum absolute atomic E-state index is 0.0750. The van der Waals surface area contributed by atoms with E-state index in [1.807, 2.05) is 0 Å². The minimum atomic E-state index is -4.49. The third-order valence-electron chi connectivity index (χ3n) is 1.64. The van der Waals surface area contributed by atoms with Gasteiger partial charge in [-0.2, -0.15) is 13.2 Å². The molecule has 0 spiro atoms. The lowest BCUT2D eigenvalue weighted by Crippen LogP contribution is -2.33. The number of amides is 1. The zero-order valence-electron chi connectivity index (χ0n) is 9.21. The maximum absolute atomic E-state index is 11.9. The third-order valence-corrected chi connectivity index (χ3v) is 2.46.